The largest absolute Gasteiger partial charge is 0.507 e. The molecule has 2 rings (SSSR count). The molecule has 0 amide bonds. The lowest BCUT2D eigenvalue weighted by atomic mass is 10.1. The van der Waals surface area contributed by atoms with Gasteiger partial charge < -0.3 is 15.3 Å². The lowest BCUT2D eigenvalue weighted by Crippen LogP contribution is -2.43. The third kappa shape index (κ3) is 3.03. The molecule has 0 unspecified atom stereocenters. The van der Waals surface area contributed by atoms with Crippen LogP contribution in [0.4, 0.5) is 0 Å². The molecule has 1 fully saturated rings. The van der Waals surface area contributed by atoms with Gasteiger partial charge in [0.15, 0.2) is 6.29 Å². The second kappa shape index (κ2) is 5.89. The van der Waals surface area contributed by atoms with E-state index in [2.05, 4.69) is 5.32 Å². The van der Waals surface area contributed by atoms with Gasteiger partial charge in [-0.3, -0.25) is 4.79 Å². The molecule has 1 aromatic rings. The van der Waals surface area contributed by atoms with Crippen LogP contribution in [0.3, 0.4) is 0 Å². The van der Waals surface area contributed by atoms with Crippen LogP contribution in [0.25, 0.3) is 6.08 Å². The fourth-order valence-corrected chi connectivity index (χ4v) is 2.10. The predicted octanol–water partition coefficient (Wildman–Crippen LogP) is 1.49. The Labute approximate surface area is 111 Å². The number of allylic oxidation sites excluding steroid dienone is 1. The van der Waals surface area contributed by atoms with Crippen molar-refractivity contribution in [3.8, 4) is 5.75 Å². The fourth-order valence-electron chi connectivity index (χ4n) is 1.92. The van der Waals surface area contributed by atoms with Gasteiger partial charge in [0.2, 0.25) is 0 Å². The van der Waals surface area contributed by atoms with E-state index in [1.165, 1.54) is 6.07 Å². The molecule has 0 bridgehead atoms. The monoisotopic (exact) mass is 266 g/mol. The third-order valence-corrected chi connectivity index (χ3v) is 3.13. The van der Waals surface area contributed by atoms with Crippen molar-refractivity contribution < 1.29 is 9.90 Å². The third-order valence-electron chi connectivity index (χ3n) is 2.90. The van der Waals surface area contributed by atoms with Gasteiger partial charge in [0.1, 0.15) is 5.75 Å². The minimum absolute atomic E-state index is 0.119. The molecule has 0 aromatic heterocycles. The van der Waals surface area contributed by atoms with Gasteiger partial charge in [-0.15, -0.1) is 0 Å². The zero-order valence-electron chi connectivity index (χ0n) is 9.90. The van der Waals surface area contributed by atoms with Crippen LogP contribution < -0.4 is 5.32 Å². The molecule has 0 aliphatic carbocycles. The molecular weight excluding hydrogens is 252 g/mol. The van der Waals surface area contributed by atoms with Crippen molar-refractivity contribution in [1.82, 2.24) is 10.2 Å². The van der Waals surface area contributed by atoms with Crippen LogP contribution in [0.1, 0.15) is 5.56 Å². The van der Waals surface area contributed by atoms with E-state index >= 15 is 0 Å². The van der Waals surface area contributed by atoms with Gasteiger partial charge in [-0.05, 0) is 24.3 Å². The number of piperazine rings is 1. The molecule has 1 aliphatic rings. The van der Waals surface area contributed by atoms with Gasteiger partial charge in [-0.1, -0.05) is 11.6 Å². The van der Waals surface area contributed by atoms with Gasteiger partial charge in [0, 0.05) is 36.8 Å². The van der Waals surface area contributed by atoms with E-state index in [0.717, 1.165) is 32.5 Å². The maximum Gasteiger partial charge on any atom is 0.166 e. The Hall–Kier alpha value is -1.52. The Morgan fingerprint density at radius 2 is 2.11 bits per heavy atom. The van der Waals surface area contributed by atoms with Crippen molar-refractivity contribution in [2.24, 2.45) is 0 Å². The second-order valence-electron chi connectivity index (χ2n) is 4.13. The highest BCUT2D eigenvalue weighted by Gasteiger charge is 2.13. The summed E-state index contributed by atoms with van der Waals surface area (Å²) in [7, 11) is 0. The first-order valence-corrected chi connectivity index (χ1v) is 6.19. The summed E-state index contributed by atoms with van der Waals surface area (Å²) in [6, 6.07) is 4.77. The van der Waals surface area contributed by atoms with Crippen LogP contribution in [0.15, 0.2) is 23.9 Å². The minimum atomic E-state index is 0.119. The minimum Gasteiger partial charge on any atom is -0.507 e. The van der Waals surface area contributed by atoms with Crippen LogP contribution in [-0.2, 0) is 4.79 Å². The molecule has 0 spiro atoms. The van der Waals surface area contributed by atoms with Gasteiger partial charge in [-0.2, -0.15) is 0 Å². The number of phenolic OH excluding ortho intramolecular Hbond substituents is 1. The van der Waals surface area contributed by atoms with E-state index in [-0.39, 0.29) is 5.75 Å². The zero-order chi connectivity index (χ0) is 13.0. The number of rotatable bonds is 3. The average molecular weight is 267 g/mol. The van der Waals surface area contributed by atoms with E-state index in [0.29, 0.717) is 16.3 Å². The number of aromatic hydroxyl groups is 1. The van der Waals surface area contributed by atoms with Crippen LogP contribution in [0.5, 0.6) is 5.75 Å². The highest BCUT2D eigenvalue weighted by Crippen LogP contribution is 2.24. The van der Waals surface area contributed by atoms with Crippen molar-refractivity contribution in [2.75, 3.05) is 26.2 Å². The van der Waals surface area contributed by atoms with Gasteiger partial charge >= 0.3 is 0 Å². The van der Waals surface area contributed by atoms with Gasteiger partial charge in [-0.25, -0.2) is 0 Å². The Bertz CT molecular complexity index is 468. The SMILES string of the molecule is O=CC(=Cc1cc(Cl)ccc1O)N1CCNCC1. The standard InChI is InChI=1S/C13H15ClN2O2/c14-11-1-2-13(18)10(7-11)8-12(9-17)16-5-3-15-4-6-16/h1-2,7-9,15,18H,3-6H2. The van der Waals surface area contributed by atoms with Crippen LogP contribution >= 0.6 is 11.6 Å². The number of carbonyl (C=O) groups is 1. The number of nitrogens with zero attached hydrogens (tertiary/aromatic N) is 1. The summed E-state index contributed by atoms with van der Waals surface area (Å²) in [4.78, 5) is 13.1. The molecule has 96 valence electrons. The molecule has 1 aliphatic heterocycles. The van der Waals surface area contributed by atoms with Crippen molar-refractivity contribution >= 4 is 24.0 Å². The van der Waals surface area contributed by atoms with E-state index in [4.69, 9.17) is 11.6 Å². The van der Waals surface area contributed by atoms with E-state index < -0.39 is 0 Å². The quantitative estimate of drug-likeness (QED) is 0.643. The summed E-state index contributed by atoms with van der Waals surface area (Å²) < 4.78 is 0. The summed E-state index contributed by atoms with van der Waals surface area (Å²) in [6.07, 6.45) is 2.48. The number of aldehydes is 1. The number of carbonyl (C=O) groups excluding carboxylic acids is 1. The lowest BCUT2D eigenvalue weighted by molar-refractivity contribution is -0.106. The van der Waals surface area contributed by atoms with Gasteiger partial charge in [0.25, 0.3) is 0 Å². The Kier molecular flexibility index (Phi) is 4.23. The summed E-state index contributed by atoms with van der Waals surface area (Å²) in [5, 5.41) is 13.5. The molecule has 0 radical (unpaired) electrons. The summed E-state index contributed by atoms with van der Waals surface area (Å²) in [5.74, 6) is 0.119. The Balaban J connectivity index is 2.27. The number of hydrogen-bond donors (Lipinski definition) is 2. The smallest absolute Gasteiger partial charge is 0.166 e. The molecule has 1 heterocycles. The van der Waals surface area contributed by atoms with Crippen LogP contribution in [0, 0.1) is 0 Å². The number of phenols is 1. The maximum absolute atomic E-state index is 11.2. The van der Waals surface area contributed by atoms with Crippen molar-refractivity contribution in [3.05, 3.63) is 34.5 Å². The topological polar surface area (TPSA) is 52.6 Å². The normalized spacial score (nSPS) is 16.7. The van der Waals surface area contributed by atoms with Crippen molar-refractivity contribution in [2.45, 2.75) is 0 Å². The Morgan fingerprint density at radius 1 is 1.39 bits per heavy atom. The summed E-state index contributed by atoms with van der Waals surface area (Å²) in [6.45, 7) is 3.28. The predicted molar refractivity (Wildman–Crippen MR) is 71.6 cm³/mol. The zero-order valence-corrected chi connectivity index (χ0v) is 10.7. The van der Waals surface area contributed by atoms with E-state index in [1.54, 1.807) is 18.2 Å². The van der Waals surface area contributed by atoms with Crippen molar-refractivity contribution in [3.63, 3.8) is 0 Å². The number of benzene rings is 1. The Morgan fingerprint density at radius 3 is 2.78 bits per heavy atom. The summed E-state index contributed by atoms with van der Waals surface area (Å²) >= 11 is 5.88. The molecule has 18 heavy (non-hydrogen) atoms. The average Bonchev–Trinajstić information content (AvgIpc) is 2.41. The first kappa shape index (κ1) is 12.9. The molecule has 1 saturated heterocycles. The fraction of sp³-hybridized carbons (Fsp3) is 0.308. The molecule has 0 atom stereocenters. The first-order valence-electron chi connectivity index (χ1n) is 5.82. The number of hydrogen-bond acceptors (Lipinski definition) is 4. The first-order chi connectivity index (χ1) is 8.70. The molecule has 1 aromatic carbocycles. The number of halogens is 1. The molecule has 0 saturated carbocycles. The van der Waals surface area contributed by atoms with Gasteiger partial charge in [0.05, 0.1) is 5.70 Å². The molecule has 5 heteroatoms. The molecular formula is C13H15ClN2O2. The summed E-state index contributed by atoms with van der Waals surface area (Å²) in [5.41, 5.74) is 1.12. The molecule has 2 N–H and O–H groups in total. The van der Waals surface area contributed by atoms with E-state index in [9.17, 15) is 9.90 Å². The van der Waals surface area contributed by atoms with E-state index in [1.807, 2.05) is 4.90 Å². The molecule has 4 nitrogen and oxygen atoms in total. The highest BCUT2D eigenvalue weighted by atomic mass is 35.5. The second-order valence-corrected chi connectivity index (χ2v) is 4.56. The highest BCUT2D eigenvalue weighted by molar-refractivity contribution is 6.30. The van der Waals surface area contributed by atoms with Crippen molar-refractivity contribution in [1.29, 1.82) is 0 Å². The van der Waals surface area contributed by atoms with Crippen LogP contribution in [-0.4, -0.2) is 42.5 Å². The maximum atomic E-state index is 11.2. The van der Waals surface area contributed by atoms with Crippen LogP contribution in [0.2, 0.25) is 5.02 Å². The number of nitrogens with one attached hydrogen (secondary N) is 1. The lowest BCUT2D eigenvalue weighted by Gasteiger charge is -2.29.